The van der Waals surface area contributed by atoms with Crippen molar-refractivity contribution in [3.63, 3.8) is 0 Å². The van der Waals surface area contributed by atoms with Crippen LogP contribution in [0.4, 0.5) is 11.6 Å². The highest BCUT2D eigenvalue weighted by atomic mass is 16.5. The van der Waals surface area contributed by atoms with E-state index in [1.54, 1.807) is 7.11 Å². The largest absolute Gasteiger partial charge is 0.497 e. The molecule has 5 rings (SSSR count). The number of hydrogen-bond acceptors (Lipinski definition) is 10. The predicted octanol–water partition coefficient (Wildman–Crippen LogP) is 1.94. The fourth-order valence-corrected chi connectivity index (χ4v) is 4.47. The zero-order valence-corrected chi connectivity index (χ0v) is 20.3. The number of aryl methyl sites for hydroxylation is 1. The second-order valence-corrected chi connectivity index (χ2v) is 8.73. The maximum absolute atomic E-state index is 6.00. The number of hydrogen-bond donors (Lipinski definition) is 2. The minimum atomic E-state index is 0.367. The van der Waals surface area contributed by atoms with Crippen molar-refractivity contribution in [2.45, 2.75) is 12.8 Å². The molecule has 0 radical (unpaired) electrons. The molecule has 0 atom stereocenters. The summed E-state index contributed by atoms with van der Waals surface area (Å²) in [5.41, 5.74) is 10.1. The van der Waals surface area contributed by atoms with Crippen molar-refractivity contribution in [2.75, 3.05) is 83.2 Å². The van der Waals surface area contributed by atoms with E-state index in [1.807, 2.05) is 12.1 Å². The molecule has 2 N–H and O–H groups in total. The molecule has 10 heteroatoms. The third kappa shape index (κ3) is 6.14. The number of morpholine rings is 2. The maximum Gasteiger partial charge on any atom is 0.320 e. The molecule has 3 aliphatic rings. The second-order valence-electron chi connectivity index (χ2n) is 8.73. The van der Waals surface area contributed by atoms with E-state index in [0.29, 0.717) is 31.6 Å². The van der Waals surface area contributed by atoms with Crippen LogP contribution in [0, 0.1) is 0 Å². The Kier molecular flexibility index (Phi) is 7.82. The summed E-state index contributed by atoms with van der Waals surface area (Å²) in [5.74, 6) is 2.32. The zero-order chi connectivity index (χ0) is 23.9. The molecule has 2 aliphatic heterocycles. The standard InChI is InChI=1S/C25H34N6O4/c1-32-20-6-5-19-3-2-4-22(21(19)17-20)28-29-23-18-24(31-10-14-34-15-11-31)27-25(26-23)35-16-9-30-7-12-33-13-8-30/h4-6,17-18,28H,2-3,7-16H2,1H3,(H,26,27,29). The zero-order valence-electron chi connectivity index (χ0n) is 20.3. The summed E-state index contributed by atoms with van der Waals surface area (Å²) < 4.78 is 22.4. The molecule has 1 aromatic carbocycles. The molecular weight excluding hydrogens is 448 g/mol. The van der Waals surface area contributed by atoms with E-state index in [0.717, 1.165) is 81.6 Å². The molecule has 0 unspecified atom stereocenters. The van der Waals surface area contributed by atoms with Crippen molar-refractivity contribution >= 4 is 17.3 Å². The van der Waals surface area contributed by atoms with Crippen molar-refractivity contribution in [2.24, 2.45) is 0 Å². The lowest BCUT2D eigenvalue weighted by Crippen LogP contribution is -2.39. The number of ether oxygens (including phenoxy) is 4. The van der Waals surface area contributed by atoms with E-state index in [4.69, 9.17) is 18.9 Å². The monoisotopic (exact) mass is 482 g/mol. The SMILES string of the molecule is COc1ccc2c(c1)C(NNc1cc(N3CCOCC3)nc(OCCN3CCOCC3)n1)=CCC2. The van der Waals surface area contributed by atoms with Gasteiger partial charge in [0, 0.05) is 44.4 Å². The molecule has 2 aromatic rings. The van der Waals surface area contributed by atoms with E-state index >= 15 is 0 Å². The lowest BCUT2D eigenvalue weighted by molar-refractivity contribution is 0.0317. The number of nitrogens with one attached hydrogen (secondary N) is 2. The lowest BCUT2D eigenvalue weighted by Gasteiger charge is -2.28. The Morgan fingerprint density at radius 3 is 2.57 bits per heavy atom. The van der Waals surface area contributed by atoms with Crippen LogP contribution in [0.15, 0.2) is 30.3 Å². The van der Waals surface area contributed by atoms with Gasteiger partial charge >= 0.3 is 6.01 Å². The number of nitrogens with zero attached hydrogens (tertiary/aromatic N) is 4. The molecule has 0 spiro atoms. The molecule has 2 saturated heterocycles. The van der Waals surface area contributed by atoms with E-state index in [2.05, 4.69) is 48.8 Å². The van der Waals surface area contributed by atoms with Crippen molar-refractivity contribution in [3.8, 4) is 11.8 Å². The van der Waals surface area contributed by atoms with Crippen LogP contribution in [-0.2, 0) is 15.9 Å². The van der Waals surface area contributed by atoms with Gasteiger partial charge in [0.2, 0.25) is 0 Å². The predicted molar refractivity (Wildman–Crippen MR) is 134 cm³/mol. The quantitative estimate of drug-likeness (QED) is 0.517. The second kappa shape index (κ2) is 11.6. The fraction of sp³-hybridized carbons (Fsp3) is 0.520. The number of hydrazine groups is 1. The van der Waals surface area contributed by atoms with Crippen LogP contribution in [0.2, 0.25) is 0 Å². The molecule has 3 heterocycles. The Morgan fingerprint density at radius 2 is 1.77 bits per heavy atom. The molecule has 35 heavy (non-hydrogen) atoms. The summed E-state index contributed by atoms with van der Waals surface area (Å²) in [5, 5.41) is 0. The molecule has 1 aromatic heterocycles. The Balaban J connectivity index is 1.29. The highest BCUT2D eigenvalue weighted by Crippen LogP contribution is 2.29. The summed E-state index contributed by atoms with van der Waals surface area (Å²) in [7, 11) is 1.69. The van der Waals surface area contributed by atoms with Gasteiger partial charge in [-0.15, -0.1) is 0 Å². The summed E-state index contributed by atoms with van der Waals surface area (Å²) in [6.07, 6.45) is 4.18. The van der Waals surface area contributed by atoms with Crippen molar-refractivity contribution in [1.82, 2.24) is 20.3 Å². The van der Waals surface area contributed by atoms with Gasteiger partial charge in [0.1, 0.15) is 18.2 Å². The number of benzene rings is 1. The number of fused-ring (bicyclic) bond motifs is 1. The van der Waals surface area contributed by atoms with Gasteiger partial charge in [-0.1, -0.05) is 12.1 Å². The minimum Gasteiger partial charge on any atom is -0.497 e. The van der Waals surface area contributed by atoms with Gasteiger partial charge in [0.25, 0.3) is 0 Å². The highest BCUT2D eigenvalue weighted by Gasteiger charge is 2.18. The van der Waals surface area contributed by atoms with Gasteiger partial charge in [-0.2, -0.15) is 9.97 Å². The normalized spacial score (nSPS) is 18.4. The summed E-state index contributed by atoms with van der Waals surface area (Å²) >= 11 is 0. The van der Waals surface area contributed by atoms with Crippen molar-refractivity contribution in [1.29, 1.82) is 0 Å². The highest BCUT2D eigenvalue weighted by molar-refractivity contribution is 5.71. The Labute approximate surface area is 206 Å². The average Bonchev–Trinajstić information content (AvgIpc) is 2.92. The topological polar surface area (TPSA) is 93.2 Å². The van der Waals surface area contributed by atoms with Crippen LogP contribution >= 0.6 is 0 Å². The van der Waals surface area contributed by atoms with Gasteiger partial charge in [-0.3, -0.25) is 15.8 Å². The van der Waals surface area contributed by atoms with Crippen LogP contribution in [0.3, 0.4) is 0 Å². The number of methoxy groups -OCH3 is 1. The molecule has 0 bridgehead atoms. The van der Waals surface area contributed by atoms with E-state index in [-0.39, 0.29) is 0 Å². The van der Waals surface area contributed by atoms with Gasteiger partial charge in [-0.25, -0.2) is 0 Å². The van der Waals surface area contributed by atoms with E-state index in [9.17, 15) is 0 Å². The smallest absolute Gasteiger partial charge is 0.320 e. The van der Waals surface area contributed by atoms with Crippen molar-refractivity contribution < 1.29 is 18.9 Å². The van der Waals surface area contributed by atoms with E-state index in [1.165, 1.54) is 5.56 Å². The van der Waals surface area contributed by atoms with Crippen molar-refractivity contribution in [3.05, 3.63) is 41.5 Å². The van der Waals surface area contributed by atoms with Gasteiger partial charge in [-0.05, 0) is 30.5 Å². The number of anilines is 2. The fourth-order valence-electron chi connectivity index (χ4n) is 4.47. The molecule has 188 valence electrons. The number of rotatable bonds is 9. The van der Waals surface area contributed by atoms with Crippen LogP contribution in [-0.4, -0.2) is 87.7 Å². The minimum absolute atomic E-state index is 0.367. The molecule has 1 aliphatic carbocycles. The first-order valence-electron chi connectivity index (χ1n) is 12.3. The summed E-state index contributed by atoms with van der Waals surface area (Å²) in [6, 6.07) is 8.52. The number of allylic oxidation sites excluding steroid dienone is 1. The first-order chi connectivity index (χ1) is 17.3. The summed E-state index contributed by atoms with van der Waals surface area (Å²) in [4.78, 5) is 13.8. The molecule has 10 nitrogen and oxygen atoms in total. The third-order valence-electron chi connectivity index (χ3n) is 6.46. The molecule has 0 saturated carbocycles. The third-order valence-corrected chi connectivity index (χ3v) is 6.46. The molecule has 0 amide bonds. The Hall–Kier alpha value is -3.08. The first-order valence-corrected chi connectivity index (χ1v) is 12.3. The first kappa shape index (κ1) is 23.7. The molecule has 2 fully saturated rings. The maximum atomic E-state index is 6.00. The average molecular weight is 483 g/mol. The Morgan fingerprint density at radius 1 is 0.971 bits per heavy atom. The van der Waals surface area contributed by atoms with Gasteiger partial charge < -0.3 is 23.8 Å². The molecular formula is C25H34N6O4. The lowest BCUT2D eigenvalue weighted by atomic mass is 9.95. The van der Waals surface area contributed by atoms with Crippen LogP contribution in [0.1, 0.15) is 17.5 Å². The van der Waals surface area contributed by atoms with Gasteiger partial charge in [0.05, 0.1) is 39.2 Å². The van der Waals surface area contributed by atoms with Crippen LogP contribution < -0.4 is 25.2 Å². The van der Waals surface area contributed by atoms with Crippen LogP contribution in [0.25, 0.3) is 5.70 Å². The van der Waals surface area contributed by atoms with Gasteiger partial charge in [0.15, 0.2) is 5.82 Å². The number of aromatic nitrogens is 2. The van der Waals surface area contributed by atoms with E-state index < -0.39 is 0 Å². The summed E-state index contributed by atoms with van der Waals surface area (Å²) in [6.45, 7) is 7.69. The van der Waals surface area contributed by atoms with Crippen LogP contribution in [0.5, 0.6) is 11.8 Å². The Bertz CT molecular complexity index is 1020.